The van der Waals surface area contributed by atoms with Crippen molar-refractivity contribution in [3.05, 3.63) is 34.9 Å². The molecule has 2 fully saturated rings. The molecule has 1 amide bonds. The number of rotatable bonds is 4. The van der Waals surface area contributed by atoms with Crippen LogP contribution >= 0.6 is 0 Å². The summed E-state index contributed by atoms with van der Waals surface area (Å²) in [6.45, 7) is 4.12. The first-order chi connectivity index (χ1) is 14.2. The first kappa shape index (κ1) is 23.8. The maximum absolute atomic E-state index is 13.1. The zero-order valence-electron chi connectivity index (χ0n) is 17.0. The minimum atomic E-state index is -4.91. The van der Waals surface area contributed by atoms with E-state index < -0.39 is 40.7 Å². The van der Waals surface area contributed by atoms with E-state index in [1.54, 1.807) is 0 Å². The fraction of sp³-hybridized carbons (Fsp3) is 0.650. The van der Waals surface area contributed by atoms with Crippen molar-refractivity contribution in [1.29, 1.82) is 0 Å². The second-order valence-corrected chi connectivity index (χ2v) is 8.53. The molecule has 2 N–H and O–H groups in total. The standard InChI is InChI=1S/C20H24F6N2O3/c1-12(13-5-14(19(21,22)23)7-15(6-13)20(24,25)26)31-10-17(2)3-4-18(9-27-17)11-30-8-16(29)28-18/h5-7,12,27H,3-4,8-11H2,1-2H3,(H,28,29)/t12-,17-,18?/m1/s1. The fourth-order valence-electron chi connectivity index (χ4n) is 3.75. The van der Waals surface area contributed by atoms with Gasteiger partial charge in [-0.2, -0.15) is 26.3 Å². The van der Waals surface area contributed by atoms with Gasteiger partial charge in [0.25, 0.3) is 0 Å². The van der Waals surface area contributed by atoms with Crippen LogP contribution in [0.15, 0.2) is 18.2 Å². The summed E-state index contributed by atoms with van der Waals surface area (Å²) in [5, 5.41) is 6.20. The highest BCUT2D eigenvalue weighted by molar-refractivity contribution is 5.78. The average molecular weight is 454 g/mol. The SMILES string of the molecule is C[C@@H](OC[C@@]1(C)CCC2(CN1)COCC(=O)N2)c1cc(C(F)(F)F)cc(C(F)(F)F)c1. The molecule has 2 aliphatic heterocycles. The molecule has 1 unspecified atom stereocenters. The number of benzene rings is 1. The predicted molar refractivity (Wildman–Crippen MR) is 98.1 cm³/mol. The van der Waals surface area contributed by atoms with Gasteiger partial charge in [0.2, 0.25) is 5.91 Å². The van der Waals surface area contributed by atoms with Gasteiger partial charge < -0.3 is 20.1 Å². The van der Waals surface area contributed by atoms with E-state index in [-0.39, 0.29) is 30.8 Å². The minimum absolute atomic E-state index is 0.0105. The Morgan fingerprint density at radius 2 is 1.71 bits per heavy atom. The van der Waals surface area contributed by atoms with Crippen LogP contribution in [0.1, 0.15) is 49.5 Å². The molecule has 1 spiro atoms. The lowest BCUT2D eigenvalue weighted by molar-refractivity contribution is -0.143. The van der Waals surface area contributed by atoms with Crippen LogP contribution in [0.2, 0.25) is 0 Å². The largest absolute Gasteiger partial charge is 0.416 e. The summed E-state index contributed by atoms with van der Waals surface area (Å²) in [7, 11) is 0. The monoisotopic (exact) mass is 454 g/mol. The molecule has 5 nitrogen and oxygen atoms in total. The number of halogens is 6. The van der Waals surface area contributed by atoms with Gasteiger partial charge in [-0.05, 0) is 50.5 Å². The van der Waals surface area contributed by atoms with Crippen molar-refractivity contribution in [2.24, 2.45) is 0 Å². The van der Waals surface area contributed by atoms with Crippen molar-refractivity contribution >= 4 is 5.91 Å². The molecule has 1 aromatic rings. The number of hydrogen-bond acceptors (Lipinski definition) is 4. The van der Waals surface area contributed by atoms with Gasteiger partial charge in [0, 0.05) is 12.1 Å². The molecule has 0 aromatic heterocycles. The van der Waals surface area contributed by atoms with E-state index in [1.807, 2.05) is 6.92 Å². The van der Waals surface area contributed by atoms with E-state index in [0.717, 1.165) is 0 Å². The molecule has 1 aromatic carbocycles. The highest BCUT2D eigenvalue weighted by Crippen LogP contribution is 2.38. The zero-order valence-corrected chi connectivity index (χ0v) is 17.0. The Labute approximate surface area is 175 Å². The minimum Gasteiger partial charge on any atom is -0.372 e. The third kappa shape index (κ3) is 5.69. The summed E-state index contributed by atoms with van der Waals surface area (Å²) in [6, 6.07) is 1.46. The Balaban J connectivity index is 1.68. The quantitative estimate of drug-likeness (QED) is 0.680. The Morgan fingerprint density at radius 1 is 1.10 bits per heavy atom. The summed E-state index contributed by atoms with van der Waals surface area (Å²) in [5.41, 5.74) is -4.03. The van der Waals surface area contributed by atoms with Gasteiger partial charge in [0.1, 0.15) is 6.61 Å². The summed E-state index contributed by atoms with van der Waals surface area (Å²) in [6.07, 6.45) is -9.64. The second-order valence-electron chi connectivity index (χ2n) is 8.53. The number of alkyl halides is 6. The van der Waals surface area contributed by atoms with Gasteiger partial charge in [-0.3, -0.25) is 4.79 Å². The Bertz CT molecular complexity index is 784. The van der Waals surface area contributed by atoms with Crippen molar-refractivity contribution in [3.63, 3.8) is 0 Å². The van der Waals surface area contributed by atoms with Crippen molar-refractivity contribution in [2.45, 2.75) is 56.2 Å². The van der Waals surface area contributed by atoms with Crippen LogP contribution in [0.4, 0.5) is 26.3 Å². The van der Waals surface area contributed by atoms with Crippen molar-refractivity contribution < 1.29 is 40.6 Å². The maximum Gasteiger partial charge on any atom is 0.416 e. The number of morpholine rings is 1. The van der Waals surface area contributed by atoms with E-state index in [0.29, 0.717) is 38.1 Å². The van der Waals surface area contributed by atoms with E-state index in [9.17, 15) is 31.1 Å². The average Bonchev–Trinajstić information content (AvgIpc) is 2.67. The molecular formula is C20H24F6N2O3. The van der Waals surface area contributed by atoms with Crippen LogP contribution in [-0.2, 0) is 26.6 Å². The molecule has 174 valence electrons. The Morgan fingerprint density at radius 3 is 2.19 bits per heavy atom. The van der Waals surface area contributed by atoms with E-state index in [4.69, 9.17) is 9.47 Å². The van der Waals surface area contributed by atoms with Gasteiger partial charge in [0.05, 0.1) is 36.0 Å². The number of hydrogen-bond donors (Lipinski definition) is 2. The molecule has 2 heterocycles. The normalized spacial score (nSPS) is 28.5. The first-order valence-corrected chi connectivity index (χ1v) is 9.76. The van der Waals surface area contributed by atoms with E-state index in [1.165, 1.54) is 6.92 Å². The molecule has 3 rings (SSSR count). The second kappa shape index (κ2) is 8.25. The van der Waals surface area contributed by atoms with Crippen LogP contribution in [0, 0.1) is 0 Å². The lowest BCUT2D eigenvalue weighted by atomic mass is 9.81. The van der Waals surface area contributed by atoms with E-state index in [2.05, 4.69) is 10.6 Å². The summed E-state index contributed by atoms with van der Waals surface area (Å²) in [4.78, 5) is 11.6. The summed E-state index contributed by atoms with van der Waals surface area (Å²) in [5.74, 6) is -0.202. The third-order valence-electron chi connectivity index (χ3n) is 5.76. The van der Waals surface area contributed by atoms with Crippen LogP contribution in [0.5, 0.6) is 0 Å². The maximum atomic E-state index is 13.1. The van der Waals surface area contributed by atoms with Gasteiger partial charge in [-0.25, -0.2) is 0 Å². The third-order valence-corrected chi connectivity index (χ3v) is 5.76. The summed E-state index contributed by atoms with van der Waals surface area (Å²) >= 11 is 0. The molecule has 0 aliphatic carbocycles. The number of carbonyl (C=O) groups excluding carboxylic acids is 1. The van der Waals surface area contributed by atoms with Crippen LogP contribution in [0.25, 0.3) is 0 Å². The molecule has 2 aliphatic rings. The van der Waals surface area contributed by atoms with E-state index >= 15 is 0 Å². The molecule has 0 radical (unpaired) electrons. The Kier molecular flexibility index (Phi) is 6.34. The highest BCUT2D eigenvalue weighted by Gasteiger charge is 2.43. The lowest BCUT2D eigenvalue weighted by Gasteiger charge is -2.47. The van der Waals surface area contributed by atoms with Crippen LogP contribution < -0.4 is 10.6 Å². The molecule has 2 saturated heterocycles. The van der Waals surface area contributed by atoms with Crippen LogP contribution in [-0.4, -0.2) is 43.4 Å². The lowest BCUT2D eigenvalue weighted by Crippen LogP contribution is -2.68. The molecule has 31 heavy (non-hydrogen) atoms. The molecule has 0 bridgehead atoms. The van der Waals surface area contributed by atoms with Crippen molar-refractivity contribution in [2.75, 3.05) is 26.4 Å². The zero-order chi connectivity index (χ0) is 23.1. The predicted octanol–water partition coefficient (Wildman–Crippen LogP) is 3.83. The van der Waals surface area contributed by atoms with Gasteiger partial charge in [-0.1, -0.05) is 0 Å². The van der Waals surface area contributed by atoms with Crippen molar-refractivity contribution in [1.82, 2.24) is 10.6 Å². The summed E-state index contributed by atoms with van der Waals surface area (Å²) < 4.78 is 89.5. The number of nitrogens with one attached hydrogen (secondary N) is 2. The Hall–Kier alpha value is -1.85. The number of amides is 1. The topological polar surface area (TPSA) is 59.6 Å². The number of piperidine rings is 1. The van der Waals surface area contributed by atoms with Crippen molar-refractivity contribution in [3.8, 4) is 0 Å². The smallest absolute Gasteiger partial charge is 0.372 e. The number of ether oxygens (including phenoxy) is 2. The molecular weight excluding hydrogens is 430 g/mol. The fourth-order valence-corrected chi connectivity index (χ4v) is 3.75. The van der Waals surface area contributed by atoms with Gasteiger partial charge in [0.15, 0.2) is 0 Å². The van der Waals surface area contributed by atoms with Crippen LogP contribution in [0.3, 0.4) is 0 Å². The first-order valence-electron chi connectivity index (χ1n) is 9.76. The molecule has 11 heteroatoms. The number of carbonyl (C=O) groups is 1. The highest BCUT2D eigenvalue weighted by atomic mass is 19.4. The van der Waals surface area contributed by atoms with Gasteiger partial charge >= 0.3 is 12.4 Å². The van der Waals surface area contributed by atoms with Gasteiger partial charge in [-0.15, -0.1) is 0 Å². The molecule has 3 atom stereocenters. The molecule has 0 saturated carbocycles.